The van der Waals surface area contributed by atoms with Gasteiger partial charge in [0.15, 0.2) is 0 Å². The molecule has 4 heteroatoms. The van der Waals surface area contributed by atoms with Gasteiger partial charge in [0.2, 0.25) is 0 Å². The fourth-order valence-electron chi connectivity index (χ4n) is 0.921. The molecule has 0 heterocycles. The topological polar surface area (TPSA) is 63.4 Å². The first-order valence-electron chi connectivity index (χ1n) is 3.75. The Morgan fingerprint density at radius 3 is 2.38 bits per heavy atom. The van der Waals surface area contributed by atoms with Gasteiger partial charge in [-0.2, -0.15) is 0 Å². The van der Waals surface area contributed by atoms with E-state index in [1.165, 1.54) is 30.3 Å². The van der Waals surface area contributed by atoms with Crippen molar-refractivity contribution in [2.75, 3.05) is 0 Å². The summed E-state index contributed by atoms with van der Waals surface area (Å²) in [4.78, 5) is 9.80. The quantitative estimate of drug-likeness (QED) is 0.431. The summed E-state index contributed by atoms with van der Waals surface area (Å²) in [7, 11) is 0. The molecule has 0 radical (unpaired) electrons. The SMILES string of the molecule is CC=C(O)c1ccc([N+](=O)[O-])cc1. The van der Waals surface area contributed by atoms with Crippen molar-refractivity contribution in [2.45, 2.75) is 6.92 Å². The van der Waals surface area contributed by atoms with E-state index >= 15 is 0 Å². The predicted octanol–water partition coefficient (Wildman–Crippen LogP) is 2.51. The maximum atomic E-state index is 10.3. The third kappa shape index (κ3) is 2.05. The Morgan fingerprint density at radius 1 is 1.46 bits per heavy atom. The van der Waals surface area contributed by atoms with Crippen LogP contribution in [0.25, 0.3) is 5.76 Å². The van der Waals surface area contributed by atoms with Gasteiger partial charge in [0.25, 0.3) is 5.69 Å². The predicted molar refractivity (Wildman–Crippen MR) is 49.4 cm³/mol. The standard InChI is InChI=1S/C9H9NO3/c1-2-9(11)7-3-5-8(6-4-7)10(12)13/h2-6,11H,1H3. The molecule has 0 amide bonds. The summed E-state index contributed by atoms with van der Waals surface area (Å²) in [6.45, 7) is 1.69. The van der Waals surface area contributed by atoms with E-state index in [0.29, 0.717) is 5.56 Å². The van der Waals surface area contributed by atoms with Crippen molar-refractivity contribution < 1.29 is 10.0 Å². The molecule has 13 heavy (non-hydrogen) atoms. The lowest BCUT2D eigenvalue weighted by molar-refractivity contribution is -0.384. The second kappa shape index (κ2) is 3.71. The maximum Gasteiger partial charge on any atom is 0.269 e. The molecule has 1 aromatic carbocycles. The lowest BCUT2D eigenvalue weighted by Gasteiger charge is -1.97. The summed E-state index contributed by atoms with van der Waals surface area (Å²) in [6.07, 6.45) is 1.53. The molecule has 1 N–H and O–H groups in total. The molecule has 1 rings (SSSR count). The van der Waals surface area contributed by atoms with Crippen LogP contribution in [0.5, 0.6) is 0 Å². The molecule has 0 fully saturated rings. The molecule has 4 nitrogen and oxygen atoms in total. The molecule has 0 saturated carbocycles. The third-order valence-electron chi connectivity index (χ3n) is 1.65. The van der Waals surface area contributed by atoms with Crippen LogP contribution < -0.4 is 0 Å². The highest BCUT2D eigenvalue weighted by Crippen LogP contribution is 2.16. The van der Waals surface area contributed by atoms with Crippen molar-refractivity contribution in [2.24, 2.45) is 0 Å². The molecule has 68 valence electrons. The van der Waals surface area contributed by atoms with Crippen LogP contribution in [0, 0.1) is 10.1 Å². The van der Waals surface area contributed by atoms with Crippen molar-refractivity contribution in [1.29, 1.82) is 0 Å². The van der Waals surface area contributed by atoms with Gasteiger partial charge in [-0.25, -0.2) is 0 Å². The molecule has 0 aliphatic rings. The Morgan fingerprint density at radius 2 is 2.00 bits per heavy atom. The molecular formula is C9H9NO3. The number of nitrogens with zero attached hydrogens (tertiary/aromatic N) is 1. The monoisotopic (exact) mass is 179 g/mol. The molecule has 0 spiro atoms. The highest BCUT2D eigenvalue weighted by Gasteiger charge is 2.04. The molecule has 0 aromatic heterocycles. The normalized spacial score (nSPS) is 11.3. The largest absolute Gasteiger partial charge is 0.508 e. The van der Waals surface area contributed by atoms with Crippen LogP contribution in [0.15, 0.2) is 30.3 Å². The fraction of sp³-hybridized carbons (Fsp3) is 0.111. The van der Waals surface area contributed by atoms with E-state index in [0.717, 1.165) is 0 Å². The van der Waals surface area contributed by atoms with E-state index in [-0.39, 0.29) is 11.4 Å². The summed E-state index contributed by atoms with van der Waals surface area (Å²) >= 11 is 0. The lowest BCUT2D eigenvalue weighted by atomic mass is 10.1. The van der Waals surface area contributed by atoms with Gasteiger partial charge >= 0.3 is 0 Å². The molecule has 0 unspecified atom stereocenters. The second-order valence-electron chi connectivity index (χ2n) is 2.48. The van der Waals surface area contributed by atoms with Crippen molar-refractivity contribution in [3.8, 4) is 0 Å². The summed E-state index contributed by atoms with van der Waals surface area (Å²) in [5.74, 6) is 0.120. The molecule has 0 aliphatic carbocycles. The number of benzene rings is 1. The Labute approximate surface area is 75.3 Å². The van der Waals surface area contributed by atoms with Crippen LogP contribution in [0.3, 0.4) is 0 Å². The molecule has 0 bridgehead atoms. The average Bonchev–Trinajstić information content (AvgIpc) is 2.17. The van der Waals surface area contributed by atoms with Crippen LogP contribution in [-0.2, 0) is 0 Å². The fourth-order valence-corrected chi connectivity index (χ4v) is 0.921. The number of hydrogen-bond donors (Lipinski definition) is 1. The molecule has 1 aromatic rings. The molecule has 0 atom stereocenters. The van der Waals surface area contributed by atoms with Crippen LogP contribution in [0.4, 0.5) is 5.69 Å². The van der Waals surface area contributed by atoms with Gasteiger partial charge in [-0.1, -0.05) is 0 Å². The van der Waals surface area contributed by atoms with Crippen molar-refractivity contribution in [3.63, 3.8) is 0 Å². The summed E-state index contributed by atoms with van der Waals surface area (Å²) in [5, 5.41) is 19.5. The van der Waals surface area contributed by atoms with Crippen LogP contribution in [-0.4, -0.2) is 10.0 Å². The summed E-state index contributed by atoms with van der Waals surface area (Å²) in [5.41, 5.74) is 0.598. The Bertz CT molecular complexity index is 340. The number of aliphatic hydroxyl groups excluding tert-OH is 1. The molecular weight excluding hydrogens is 170 g/mol. The van der Waals surface area contributed by atoms with Gasteiger partial charge < -0.3 is 5.11 Å². The van der Waals surface area contributed by atoms with E-state index < -0.39 is 4.92 Å². The first-order chi connectivity index (χ1) is 6.15. The zero-order valence-electron chi connectivity index (χ0n) is 7.10. The minimum atomic E-state index is -0.476. The van der Waals surface area contributed by atoms with Crippen molar-refractivity contribution >= 4 is 11.4 Å². The zero-order chi connectivity index (χ0) is 9.84. The van der Waals surface area contributed by atoms with E-state index in [9.17, 15) is 15.2 Å². The van der Waals surface area contributed by atoms with E-state index in [2.05, 4.69) is 0 Å². The average molecular weight is 179 g/mol. The Kier molecular flexibility index (Phi) is 2.64. The van der Waals surface area contributed by atoms with Crippen LogP contribution in [0.1, 0.15) is 12.5 Å². The number of aliphatic hydroxyl groups is 1. The van der Waals surface area contributed by atoms with Gasteiger partial charge in [0.1, 0.15) is 5.76 Å². The molecule has 0 saturated heterocycles. The van der Waals surface area contributed by atoms with Crippen LogP contribution >= 0.6 is 0 Å². The summed E-state index contributed by atoms with van der Waals surface area (Å²) in [6, 6.07) is 5.73. The smallest absolute Gasteiger partial charge is 0.269 e. The Balaban J connectivity index is 3.00. The van der Waals surface area contributed by atoms with Crippen LogP contribution in [0.2, 0.25) is 0 Å². The summed E-state index contributed by atoms with van der Waals surface area (Å²) < 4.78 is 0. The van der Waals surface area contributed by atoms with E-state index in [1.54, 1.807) is 6.92 Å². The van der Waals surface area contributed by atoms with Gasteiger partial charge in [0, 0.05) is 17.7 Å². The van der Waals surface area contributed by atoms with E-state index in [4.69, 9.17) is 0 Å². The van der Waals surface area contributed by atoms with E-state index in [1.807, 2.05) is 0 Å². The number of non-ortho nitro benzene ring substituents is 1. The lowest BCUT2D eigenvalue weighted by Crippen LogP contribution is -1.88. The van der Waals surface area contributed by atoms with Gasteiger partial charge in [-0.15, -0.1) is 0 Å². The number of allylic oxidation sites excluding steroid dienone is 1. The zero-order valence-corrected chi connectivity index (χ0v) is 7.10. The maximum absolute atomic E-state index is 10.3. The third-order valence-corrected chi connectivity index (χ3v) is 1.65. The van der Waals surface area contributed by atoms with Gasteiger partial charge in [0.05, 0.1) is 4.92 Å². The molecule has 0 aliphatic heterocycles. The first kappa shape index (κ1) is 9.25. The second-order valence-corrected chi connectivity index (χ2v) is 2.48. The minimum absolute atomic E-state index is 0.0210. The highest BCUT2D eigenvalue weighted by molar-refractivity contribution is 5.59. The highest BCUT2D eigenvalue weighted by atomic mass is 16.6. The van der Waals surface area contributed by atoms with Crippen molar-refractivity contribution in [3.05, 3.63) is 46.0 Å². The minimum Gasteiger partial charge on any atom is -0.508 e. The first-order valence-corrected chi connectivity index (χ1v) is 3.75. The van der Waals surface area contributed by atoms with Gasteiger partial charge in [-0.3, -0.25) is 10.1 Å². The van der Waals surface area contributed by atoms with Crippen molar-refractivity contribution in [1.82, 2.24) is 0 Å². The Hall–Kier alpha value is -1.84. The van der Waals surface area contributed by atoms with Gasteiger partial charge in [-0.05, 0) is 25.1 Å². The number of nitro groups is 1. The number of hydrogen-bond acceptors (Lipinski definition) is 3. The number of rotatable bonds is 2. The number of nitro benzene ring substituents is 1.